The second-order valence-electron chi connectivity index (χ2n) is 5.64. The topological polar surface area (TPSA) is 62.4 Å². The van der Waals surface area contributed by atoms with Gasteiger partial charge in [-0.05, 0) is 42.7 Å². The van der Waals surface area contributed by atoms with Gasteiger partial charge in [-0.15, -0.1) is 0 Å². The molecule has 1 aliphatic heterocycles. The molecule has 1 heterocycles. The molecule has 0 aliphatic carbocycles. The van der Waals surface area contributed by atoms with Crippen LogP contribution in [0, 0.1) is 6.92 Å². The van der Waals surface area contributed by atoms with Crippen molar-refractivity contribution in [2.45, 2.75) is 19.4 Å². The third-order valence-electron chi connectivity index (χ3n) is 3.88. The van der Waals surface area contributed by atoms with Crippen LogP contribution in [0.2, 0.25) is 0 Å². The number of nitrogens with one attached hydrogen (secondary N) is 3. The van der Waals surface area contributed by atoms with E-state index >= 15 is 0 Å². The van der Waals surface area contributed by atoms with Crippen molar-refractivity contribution >= 4 is 11.6 Å². The molecule has 1 fully saturated rings. The molecule has 0 radical (unpaired) electrons. The van der Waals surface area contributed by atoms with Gasteiger partial charge < -0.3 is 10.1 Å². The Morgan fingerprint density at radius 1 is 1.22 bits per heavy atom. The summed E-state index contributed by atoms with van der Waals surface area (Å²) in [6, 6.07) is 15.9. The summed E-state index contributed by atoms with van der Waals surface area (Å²) in [4.78, 5) is 12.0. The van der Waals surface area contributed by atoms with Crippen molar-refractivity contribution in [3.05, 3.63) is 59.7 Å². The molecule has 3 N–H and O–H groups in total. The number of amides is 1. The summed E-state index contributed by atoms with van der Waals surface area (Å²) < 4.78 is 5.55. The van der Waals surface area contributed by atoms with Crippen molar-refractivity contribution in [3.8, 4) is 5.75 Å². The van der Waals surface area contributed by atoms with E-state index in [0.29, 0.717) is 6.04 Å². The summed E-state index contributed by atoms with van der Waals surface area (Å²) in [5, 5.41) is 2.85. The molecule has 0 bridgehead atoms. The van der Waals surface area contributed by atoms with Gasteiger partial charge in [0.1, 0.15) is 5.75 Å². The van der Waals surface area contributed by atoms with E-state index in [2.05, 4.69) is 16.2 Å². The molecule has 1 unspecified atom stereocenters. The van der Waals surface area contributed by atoms with Gasteiger partial charge in [-0.1, -0.05) is 30.3 Å². The van der Waals surface area contributed by atoms with Crippen LogP contribution in [0.15, 0.2) is 48.5 Å². The fourth-order valence-electron chi connectivity index (χ4n) is 2.59. The molecule has 5 nitrogen and oxygen atoms in total. The van der Waals surface area contributed by atoms with Crippen molar-refractivity contribution in [1.82, 2.24) is 10.9 Å². The third-order valence-corrected chi connectivity index (χ3v) is 3.88. The largest absolute Gasteiger partial charge is 0.483 e. The molecule has 1 aliphatic rings. The summed E-state index contributed by atoms with van der Waals surface area (Å²) in [6.07, 6.45) is 1.07. The Hall–Kier alpha value is -2.37. The maximum absolute atomic E-state index is 12.0. The molecule has 0 spiro atoms. The maximum Gasteiger partial charge on any atom is 0.262 e. The van der Waals surface area contributed by atoms with Gasteiger partial charge in [-0.2, -0.15) is 0 Å². The van der Waals surface area contributed by atoms with Crippen molar-refractivity contribution < 1.29 is 9.53 Å². The highest BCUT2D eigenvalue weighted by molar-refractivity contribution is 5.91. The number of ether oxygens (including phenoxy) is 1. The van der Waals surface area contributed by atoms with Gasteiger partial charge in [0.05, 0.1) is 0 Å². The Kier molecular flexibility index (Phi) is 4.90. The number of rotatable bonds is 5. The molecule has 120 valence electrons. The monoisotopic (exact) mass is 311 g/mol. The number of carbonyl (C=O) groups excluding carboxylic acids is 1. The standard InChI is InChI=1S/C18H21N3O2/c1-13-4-2-3-5-17(13)23-12-18(22)20-15-8-6-14(7-9-15)16-10-11-19-21-16/h2-9,16,19,21H,10-12H2,1H3,(H,20,22). The average molecular weight is 311 g/mol. The van der Waals surface area contributed by atoms with Gasteiger partial charge in [0.25, 0.3) is 5.91 Å². The Bertz CT molecular complexity index is 664. The molecule has 3 rings (SSSR count). The van der Waals surface area contributed by atoms with Crippen molar-refractivity contribution in [2.24, 2.45) is 0 Å². The molecule has 1 atom stereocenters. The Morgan fingerprint density at radius 2 is 2.00 bits per heavy atom. The number of hydrogen-bond donors (Lipinski definition) is 3. The van der Waals surface area contributed by atoms with E-state index < -0.39 is 0 Å². The Labute approximate surface area is 136 Å². The quantitative estimate of drug-likeness (QED) is 0.794. The number of para-hydroxylation sites is 1. The number of benzene rings is 2. The summed E-state index contributed by atoms with van der Waals surface area (Å²) in [6.45, 7) is 2.93. The van der Waals surface area contributed by atoms with Crippen molar-refractivity contribution in [2.75, 3.05) is 18.5 Å². The van der Waals surface area contributed by atoms with E-state index in [4.69, 9.17) is 4.74 Å². The van der Waals surface area contributed by atoms with Crippen LogP contribution in [-0.2, 0) is 4.79 Å². The number of anilines is 1. The lowest BCUT2D eigenvalue weighted by Crippen LogP contribution is -2.24. The highest BCUT2D eigenvalue weighted by Gasteiger charge is 2.15. The van der Waals surface area contributed by atoms with E-state index in [9.17, 15) is 4.79 Å². The van der Waals surface area contributed by atoms with E-state index in [0.717, 1.165) is 30.0 Å². The Balaban J connectivity index is 1.52. The van der Waals surface area contributed by atoms with Crippen LogP contribution in [0.3, 0.4) is 0 Å². The van der Waals surface area contributed by atoms with E-state index in [1.807, 2.05) is 55.5 Å². The molecule has 5 heteroatoms. The van der Waals surface area contributed by atoms with Gasteiger partial charge in [-0.3, -0.25) is 15.6 Å². The van der Waals surface area contributed by atoms with Crippen LogP contribution < -0.4 is 20.9 Å². The lowest BCUT2D eigenvalue weighted by molar-refractivity contribution is -0.118. The lowest BCUT2D eigenvalue weighted by Gasteiger charge is -2.12. The number of hydrazine groups is 1. The predicted octanol–water partition coefficient (Wildman–Crippen LogP) is 2.55. The predicted molar refractivity (Wildman–Crippen MR) is 90.2 cm³/mol. The molecular formula is C18H21N3O2. The second-order valence-corrected chi connectivity index (χ2v) is 5.64. The lowest BCUT2D eigenvalue weighted by atomic mass is 10.1. The summed E-state index contributed by atoms with van der Waals surface area (Å²) in [5.74, 6) is 0.569. The molecule has 0 saturated carbocycles. The first-order valence-corrected chi connectivity index (χ1v) is 7.79. The van der Waals surface area contributed by atoms with Crippen LogP contribution in [0.5, 0.6) is 5.75 Å². The van der Waals surface area contributed by atoms with Crippen LogP contribution in [0.4, 0.5) is 5.69 Å². The first-order valence-electron chi connectivity index (χ1n) is 7.79. The van der Waals surface area contributed by atoms with Crippen LogP contribution in [0.1, 0.15) is 23.6 Å². The fourth-order valence-corrected chi connectivity index (χ4v) is 2.59. The van der Waals surface area contributed by atoms with Gasteiger partial charge in [0.2, 0.25) is 0 Å². The minimum atomic E-state index is -0.165. The highest BCUT2D eigenvalue weighted by atomic mass is 16.5. The molecule has 2 aromatic rings. The molecule has 1 amide bonds. The minimum absolute atomic E-state index is 0.000700. The zero-order valence-corrected chi connectivity index (χ0v) is 13.1. The number of aryl methyl sites for hydroxylation is 1. The molecular weight excluding hydrogens is 290 g/mol. The van der Waals surface area contributed by atoms with Gasteiger partial charge >= 0.3 is 0 Å². The fraction of sp³-hybridized carbons (Fsp3) is 0.278. The van der Waals surface area contributed by atoms with Gasteiger partial charge in [0, 0.05) is 18.3 Å². The SMILES string of the molecule is Cc1ccccc1OCC(=O)Nc1ccc(C2CCNN2)cc1. The molecule has 2 aromatic carbocycles. The zero-order valence-electron chi connectivity index (χ0n) is 13.1. The van der Waals surface area contributed by atoms with Gasteiger partial charge in [0.15, 0.2) is 6.61 Å². The third kappa shape index (κ3) is 4.09. The van der Waals surface area contributed by atoms with Crippen LogP contribution in [-0.4, -0.2) is 19.1 Å². The number of carbonyl (C=O) groups is 1. The Morgan fingerprint density at radius 3 is 2.70 bits per heavy atom. The summed E-state index contributed by atoms with van der Waals surface area (Å²) >= 11 is 0. The van der Waals surface area contributed by atoms with Crippen LogP contribution >= 0.6 is 0 Å². The first-order chi connectivity index (χ1) is 11.2. The first kappa shape index (κ1) is 15.5. The minimum Gasteiger partial charge on any atom is -0.483 e. The molecule has 0 aromatic heterocycles. The van der Waals surface area contributed by atoms with Crippen molar-refractivity contribution in [1.29, 1.82) is 0 Å². The van der Waals surface area contributed by atoms with Crippen LogP contribution in [0.25, 0.3) is 0 Å². The molecule has 1 saturated heterocycles. The zero-order chi connectivity index (χ0) is 16.1. The summed E-state index contributed by atoms with van der Waals surface area (Å²) in [5.41, 5.74) is 9.34. The second kappa shape index (κ2) is 7.26. The summed E-state index contributed by atoms with van der Waals surface area (Å²) in [7, 11) is 0. The normalized spacial score (nSPS) is 17.0. The van der Waals surface area contributed by atoms with E-state index in [1.54, 1.807) is 0 Å². The van der Waals surface area contributed by atoms with E-state index in [-0.39, 0.29) is 12.5 Å². The van der Waals surface area contributed by atoms with E-state index in [1.165, 1.54) is 5.56 Å². The number of hydrogen-bond acceptors (Lipinski definition) is 4. The smallest absolute Gasteiger partial charge is 0.262 e. The van der Waals surface area contributed by atoms with Crippen molar-refractivity contribution in [3.63, 3.8) is 0 Å². The van der Waals surface area contributed by atoms with Gasteiger partial charge in [-0.25, -0.2) is 0 Å². The molecule has 23 heavy (non-hydrogen) atoms. The highest BCUT2D eigenvalue weighted by Crippen LogP contribution is 2.21. The average Bonchev–Trinajstić information content (AvgIpc) is 3.09. The maximum atomic E-state index is 12.0.